The Morgan fingerprint density at radius 1 is 1.22 bits per heavy atom. The number of aromatic nitrogens is 2. The predicted octanol–water partition coefficient (Wildman–Crippen LogP) is 4.99. The Hall–Kier alpha value is -3.72. The maximum absolute atomic E-state index is 13.9. The summed E-state index contributed by atoms with van der Waals surface area (Å²) in [6.07, 6.45) is 4.47. The fourth-order valence-electron chi connectivity index (χ4n) is 4.53. The monoisotopic (exact) mass is 505 g/mol. The molecule has 8 nitrogen and oxygen atoms in total. The van der Waals surface area contributed by atoms with Crippen molar-refractivity contribution in [2.24, 2.45) is 0 Å². The lowest BCUT2D eigenvalue weighted by Crippen LogP contribution is -2.40. The zero-order valence-corrected chi connectivity index (χ0v) is 21.0. The molecule has 1 amide bonds. The minimum atomic E-state index is -1.06. The third-order valence-electron chi connectivity index (χ3n) is 6.61. The molecule has 0 radical (unpaired) electrons. The quantitative estimate of drug-likeness (QED) is 0.324. The fourth-order valence-corrected chi connectivity index (χ4v) is 5.47. The van der Waals surface area contributed by atoms with Crippen molar-refractivity contribution in [1.29, 1.82) is 0 Å². The van der Waals surface area contributed by atoms with Crippen molar-refractivity contribution in [3.05, 3.63) is 75.7 Å². The van der Waals surface area contributed by atoms with Crippen molar-refractivity contribution in [3.63, 3.8) is 0 Å². The Morgan fingerprint density at radius 2 is 2.03 bits per heavy atom. The average molecular weight is 506 g/mol. The number of pyridine rings is 1. The molecule has 1 aliphatic carbocycles. The first-order valence-corrected chi connectivity index (χ1v) is 12.7. The minimum Gasteiger partial charge on any atom is -0.495 e. The molecule has 0 spiro atoms. The van der Waals surface area contributed by atoms with Gasteiger partial charge >= 0.3 is 5.97 Å². The highest BCUT2D eigenvalue weighted by atomic mass is 32.1. The number of benzene rings is 1. The highest BCUT2D eigenvalue weighted by molar-refractivity contribution is 7.11. The van der Waals surface area contributed by atoms with Gasteiger partial charge in [-0.05, 0) is 50.5 Å². The van der Waals surface area contributed by atoms with E-state index in [1.807, 2.05) is 42.5 Å². The van der Waals surface area contributed by atoms with E-state index >= 15 is 0 Å². The highest BCUT2D eigenvalue weighted by Crippen LogP contribution is 2.49. The van der Waals surface area contributed by atoms with Crippen molar-refractivity contribution in [1.82, 2.24) is 14.9 Å². The van der Waals surface area contributed by atoms with Crippen LogP contribution in [0.1, 0.15) is 51.1 Å². The maximum atomic E-state index is 13.9. The summed E-state index contributed by atoms with van der Waals surface area (Å²) in [6.45, 7) is 2.49. The number of nitrogens with zero attached hydrogens (tertiary/aromatic N) is 3. The Bertz CT molecular complexity index is 1370. The number of carbonyl (C=O) groups is 2. The number of furan rings is 1. The topological polar surface area (TPSA) is 106 Å². The number of hydrogen-bond donors (Lipinski definition) is 1. The number of methoxy groups -OCH3 is 1. The summed E-state index contributed by atoms with van der Waals surface area (Å²) in [4.78, 5) is 36.6. The molecule has 0 unspecified atom stereocenters. The summed E-state index contributed by atoms with van der Waals surface area (Å²) in [5.41, 5.74) is 0.968. The van der Waals surface area contributed by atoms with Gasteiger partial charge in [0, 0.05) is 23.2 Å². The number of ether oxygens (including phenoxy) is 1. The number of carboxylic acid groups (broad SMARTS) is 1. The predicted molar refractivity (Wildman–Crippen MR) is 135 cm³/mol. The van der Waals surface area contributed by atoms with Gasteiger partial charge < -0.3 is 19.2 Å². The second-order valence-corrected chi connectivity index (χ2v) is 10.4. The average Bonchev–Trinajstić information content (AvgIpc) is 3.45. The lowest BCUT2D eigenvalue weighted by molar-refractivity contribution is -0.134. The smallest absolute Gasteiger partial charge is 0.355 e. The van der Waals surface area contributed by atoms with E-state index in [1.54, 1.807) is 25.1 Å². The second kappa shape index (κ2) is 9.73. The molecule has 186 valence electrons. The van der Waals surface area contributed by atoms with E-state index in [0.29, 0.717) is 35.0 Å². The SMILES string of the molecule is COc1ccc(C2(C(=O)N(CCCc3cc4ccccc4o3)Cc3nc(C(=O)O)c(C)s3)CC2)nc1. The summed E-state index contributed by atoms with van der Waals surface area (Å²) in [5.74, 6) is 0.456. The van der Waals surface area contributed by atoms with Crippen LogP contribution in [0.4, 0.5) is 0 Å². The van der Waals surface area contributed by atoms with Gasteiger partial charge in [0.25, 0.3) is 0 Å². The fraction of sp³-hybridized carbons (Fsp3) is 0.333. The van der Waals surface area contributed by atoms with Crippen molar-refractivity contribution < 1.29 is 23.8 Å². The maximum Gasteiger partial charge on any atom is 0.355 e. The summed E-state index contributed by atoms with van der Waals surface area (Å²) in [5, 5.41) is 11.1. The Balaban J connectivity index is 1.36. The lowest BCUT2D eigenvalue weighted by atomic mass is 9.99. The van der Waals surface area contributed by atoms with E-state index in [0.717, 1.165) is 35.3 Å². The Morgan fingerprint density at radius 3 is 2.67 bits per heavy atom. The van der Waals surface area contributed by atoms with Crippen LogP contribution in [0.2, 0.25) is 0 Å². The van der Waals surface area contributed by atoms with Gasteiger partial charge in [-0.1, -0.05) is 18.2 Å². The molecular formula is C27H27N3O5S. The van der Waals surface area contributed by atoms with Crippen molar-refractivity contribution >= 4 is 34.2 Å². The number of aromatic carboxylic acids is 1. The molecule has 0 aliphatic heterocycles. The van der Waals surface area contributed by atoms with E-state index < -0.39 is 11.4 Å². The van der Waals surface area contributed by atoms with Crippen LogP contribution in [-0.2, 0) is 23.2 Å². The van der Waals surface area contributed by atoms with Gasteiger partial charge in [-0.15, -0.1) is 11.3 Å². The third kappa shape index (κ3) is 4.70. The number of fused-ring (bicyclic) bond motifs is 1. The number of para-hydroxylation sites is 1. The molecule has 1 aromatic carbocycles. The van der Waals surface area contributed by atoms with Crippen molar-refractivity contribution in [2.45, 2.75) is 44.6 Å². The minimum absolute atomic E-state index is 0.00509. The number of carboxylic acids is 1. The molecule has 0 atom stereocenters. The number of carbonyl (C=O) groups excluding carboxylic acids is 1. The Kier molecular flexibility index (Phi) is 6.49. The molecule has 1 N–H and O–H groups in total. The third-order valence-corrected chi connectivity index (χ3v) is 7.56. The van der Waals surface area contributed by atoms with E-state index in [4.69, 9.17) is 9.15 Å². The van der Waals surface area contributed by atoms with Gasteiger partial charge in [0.05, 0.1) is 31.0 Å². The van der Waals surface area contributed by atoms with Gasteiger partial charge in [0.1, 0.15) is 22.1 Å². The number of thiazole rings is 1. The molecule has 0 bridgehead atoms. The van der Waals surface area contributed by atoms with Gasteiger partial charge in [0.2, 0.25) is 5.91 Å². The van der Waals surface area contributed by atoms with E-state index in [2.05, 4.69) is 9.97 Å². The van der Waals surface area contributed by atoms with Crippen LogP contribution < -0.4 is 4.74 Å². The molecule has 1 aliphatic rings. The van der Waals surface area contributed by atoms with Crippen LogP contribution in [-0.4, -0.2) is 45.5 Å². The molecule has 0 saturated heterocycles. The number of hydrogen-bond acceptors (Lipinski definition) is 7. The van der Waals surface area contributed by atoms with Crippen LogP contribution >= 0.6 is 11.3 Å². The molecule has 1 fully saturated rings. The van der Waals surface area contributed by atoms with Gasteiger partial charge in [-0.2, -0.15) is 0 Å². The molecule has 5 rings (SSSR count). The van der Waals surface area contributed by atoms with Crippen LogP contribution in [0, 0.1) is 6.92 Å². The van der Waals surface area contributed by atoms with E-state index in [1.165, 1.54) is 11.3 Å². The summed E-state index contributed by atoms with van der Waals surface area (Å²) in [7, 11) is 1.58. The molecule has 1 saturated carbocycles. The van der Waals surface area contributed by atoms with E-state index in [-0.39, 0.29) is 18.1 Å². The second-order valence-electron chi connectivity index (χ2n) is 9.06. The standard InChI is InChI=1S/C27H27N3O5S/c1-17-24(25(31)32)29-23(36-17)16-30(13-5-7-19-14-18-6-3-4-8-21(18)35-19)26(33)27(11-12-27)22-10-9-20(34-2)15-28-22/h3-4,6,8-10,14-15H,5,7,11-13,16H2,1-2H3,(H,31,32). The van der Waals surface area contributed by atoms with Crippen LogP contribution in [0.5, 0.6) is 5.75 Å². The zero-order valence-electron chi connectivity index (χ0n) is 20.2. The van der Waals surface area contributed by atoms with Gasteiger partial charge in [-0.3, -0.25) is 9.78 Å². The molecular weight excluding hydrogens is 478 g/mol. The molecule has 9 heteroatoms. The largest absolute Gasteiger partial charge is 0.495 e. The van der Waals surface area contributed by atoms with Crippen LogP contribution in [0.3, 0.4) is 0 Å². The van der Waals surface area contributed by atoms with Gasteiger partial charge in [0.15, 0.2) is 5.69 Å². The number of amides is 1. The summed E-state index contributed by atoms with van der Waals surface area (Å²) < 4.78 is 11.2. The number of aryl methyl sites for hydroxylation is 2. The normalized spacial score (nSPS) is 14.1. The van der Waals surface area contributed by atoms with Gasteiger partial charge in [-0.25, -0.2) is 9.78 Å². The van der Waals surface area contributed by atoms with Crippen molar-refractivity contribution in [2.75, 3.05) is 13.7 Å². The van der Waals surface area contributed by atoms with Crippen LogP contribution in [0.15, 0.2) is 53.1 Å². The molecule has 3 heterocycles. The summed E-state index contributed by atoms with van der Waals surface area (Å²) in [6, 6.07) is 13.6. The first-order valence-electron chi connectivity index (χ1n) is 11.9. The first-order chi connectivity index (χ1) is 17.4. The first kappa shape index (κ1) is 24.0. The van der Waals surface area contributed by atoms with Crippen molar-refractivity contribution in [3.8, 4) is 5.75 Å². The zero-order chi connectivity index (χ0) is 25.3. The molecule has 3 aromatic heterocycles. The lowest BCUT2D eigenvalue weighted by Gasteiger charge is -2.26. The number of rotatable bonds is 10. The molecule has 36 heavy (non-hydrogen) atoms. The van der Waals surface area contributed by atoms with E-state index in [9.17, 15) is 14.7 Å². The highest BCUT2D eigenvalue weighted by Gasteiger charge is 2.54. The van der Waals surface area contributed by atoms with Crippen LogP contribution in [0.25, 0.3) is 11.0 Å². The summed E-state index contributed by atoms with van der Waals surface area (Å²) >= 11 is 1.32. The Labute approximate surface area is 212 Å². The molecule has 4 aromatic rings.